The van der Waals surface area contributed by atoms with Crippen molar-refractivity contribution >= 4 is 34.4 Å². The van der Waals surface area contributed by atoms with Gasteiger partial charge in [0.25, 0.3) is 0 Å². The van der Waals surface area contributed by atoms with Crippen molar-refractivity contribution in [2.75, 3.05) is 24.5 Å². The summed E-state index contributed by atoms with van der Waals surface area (Å²) in [6.07, 6.45) is 2.98. The highest BCUT2D eigenvalue weighted by Crippen LogP contribution is 2.36. The van der Waals surface area contributed by atoms with Crippen molar-refractivity contribution in [1.29, 1.82) is 0 Å². The largest absolute Gasteiger partial charge is 0.355 e. The number of pyridine rings is 2. The van der Waals surface area contributed by atoms with Gasteiger partial charge in [-0.3, -0.25) is 9.78 Å². The van der Waals surface area contributed by atoms with E-state index in [-0.39, 0.29) is 33.9 Å². The summed E-state index contributed by atoms with van der Waals surface area (Å²) in [5.74, 6) is -0.219. The Balaban J connectivity index is 1.80. The molecule has 0 bridgehead atoms. The fourth-order valence-electron chi connectivity index (χ4n) is 5.14. The van der Waals surface area contributed by atoms with E-state index >= 15 is 0 Å². The van der Waals surface area contributed by atoms with E-state index in [1.165, 1.54) is 16.7 Å². The minimum atomic E-state index is -0.549. The third-order valence-electron chi connectivity index (χ3n) is 7.05. The molecule has 1 aliphatic rings. The van der Waals surface area contributed by atoms with Crippen LogP contribution in [0, 0.1) is 5.82 Å². The molecule has 1 atom stereocenters. The summed E-state index contributed by atoms with van der Waals surface area (Å²) < 4.78 is 16.3. The monoisotopic (exact) mass is 560 g/mol. The van der Waals surface area contributed by atoms with Gasteiger partial charge in [-0.15, -0.1) is 0 Å². The molecule has 1 amide bonds. The highest BCUT2D eigenvalue weighted by atomic mass is 35.5. The SMILES string of the molecule is C=CC(=O)N1CCN(c2nc(=O)n(-c3cccnc3C(C)(C)C)c3nc(-c4ccccc4F)c(Cl)cc23)[C@@H](C)C1. The standard InChI is InChI=1S/C30H30ClFN6O2/c1-6-24(39)36-14-15-37(18(2)17-36)27-20-16-21(31)25(19-10-7-8-11-22(19)32)34-28(20)38(29(40)35-27)23-12-9-13-33-26(23)30(3,4)5/h6-13,16,18H,1,14-15,17H2,2-5H3/t18-/m0/s1. The molecule has 3 aromatic heterocycles. The van der Waals surface area contributed by atoms with E-state index in [4.69, 9.17) is 16.6 Å². The maximum atomic E-state index is 14.9. The second kappa shape index (κ2) is 10.5. The summed E-state index contributed by atoms with van der Waals surface area (Å²) in [5, 5.41) is 0.755. The van der Waals surface area contributed by atoms with Gasteiger partial charge in [0.15, 0.2) is 5.65 Å². The van der Waals surface area contributed by atoms with E-state index in [9.17, 15) is 14.0 Å². The Hall–Kier alpha value is -4.11. The summed E-state index contributed by atoms with van der Waals surface area (Å²) in [6, 6.07) is 11.3. The molecule has 0 N–H and O–H groups in total. The number of hydrogen-bond donors (Lipinski definition) is 0. The molecule has 5 rings (SSSR count). The zero-order valence-electron chi connectivity index (χ0n) is 22.9. The van der Waals surface area contributed by atoms with E-state index in [1.54, 1.807) is 47.5 Å². The van der Waals surface area contributed by atoms with Gasteiger partial charge >= 0.3 is 5.69 Å². The number of anilines is 1. The summed E-state index contributed by atoms with van der Waals surface area (Å²) in [7, 11) is 0. The summed E-state index contributed by atoms with van der Waals surface area (Å²) in [4.78, 5) is 43.7. The Bertz CT molecular complexity index is 1700. The van der Waals surface area contributed by atoms with Gasteiger partial charge in [-0.05, 0) is 43.3 Å². The van der Waals surface area contributed by atoms with Crippen molar-refractivity contribution < 1.29 is 9.18 Å². The number of carbonyl (C=O) groups excluding carboxylic acids is 1. The van der Waals surface area contributed by atoms with Gasteiger partial charge in [0.05, 0.1) is 27.5 Å². The van der Waals surface area contributed by atoms with Crippen LogP contribution in [-0.4, -0.2) is 56.0 Å². The predicted octanol–water partition coefficient (Wildman–Crippen LogP) is 5.16. The first-order valence-electron chi connectivity index (χ1n) is 13.0. The van der Waals surface area contributed by atoms with E-state index in [1.807, 2.05) is 32.6 Å². The van der Waals surface area contributed by atoms with Crippen LogP contribution in [0.15, 0.2) is 66.1 Å². The van der Waals surface area contributed by atoms with Crippen LogP contribution in [0.25, 0.3) is 28.0 Å². The number of aromatic nitrogens is 4. The van der Waals surface area contributed by atoms with Crippen molar-refractivity contribution in [2.24, 2.45) is 0 Å². The molecule has 0 aliphatic carbocycles. The Labute approximate surface area is 236 Å². The minimum Gasteiger partial charge on any atom is -0.350 e. The first-order chi connectivity index (χ1) is 19.0. The molecule has 40 heavy (non-hydrogen) atoms. The van der Waals surface area contributed by atoms with Crippen LogP contribution in [0.5, 0.6) is 0 Å². The lowest BCUT2D eigenvalue weighted by atomic mass is 9.90. The Kier molecular flexibility index (Phi) is 7.18. The number of fused-ring (bicyclic) bond motifs is 1. The summed E-state index contributed by atoms with van der Waals surface area (Å²) >= 11 is 6.74. The van der Waals surface area contributed by atoms with Crippen molar-refractivity contribution in [3.63, 3.8) is 0 Å². The third kappa shape index (κ3) is 4.86. The highest BCUT2D eigenvalue weighted by Gasteiger charge is 2.31. The van der Waals surface area contributed by atoms with Gasteiger partial charge in [-0.1, -0.05) is 51.1 Å². The van der Waals surface area contributed by atoms with Crippen LogP contribution in [-0.2, 0) is 10.2 Å². The van der Waals surface area contributed by atoms with Gasteiger partial charge in [0, 0.05) is 42.9 Å². The van der Waals surface area contributed by atoms with Crippen molar-refractivity contribution in [2.45, 2.75) is 39.2 Å². The van der Waals surface area contributed by atoms with E-state index in [0.29, 0.717) is 42.2 Å². The molecule has 0 saturated carbocycles. The number of hydrogen-bond acceptors (Lipinski definition) is 6. The molecular weight excluding hydrogens is 531 g/mol. The van der Waals surface area contributed by atoms with Crippen LogP contribution >= 0.6 is 11.6 Å². The number of carbonyl (C=O) groups is 1. The minimum absolute atomic E-state index is 0.148. The molecule has 4 heterocycles. The molecule has 4 aromatic rings. The predicted molar refractivity (Wildman–Crippen MR) is 156 cm³/mol. The zero-order valence-corrected chi connectivity index (χ0v) is 23.6. The molecule has 8 nitrogen and oxygen atoms in total. The van der Waals surface area contributed by atoms with Crippen LogP contribution < -0.4 is 10.6 Å². The van der Waals surface area contributed by atoms with Crippen LogP contribution in [0.1, 0.15) is 33.4 Å². The lowest BCUT2D eigenvalue weighted by Gasteiger charge is -2.40. The molecule has 10 heteroatoms. The fraction of sp³-hybridized carbons (Fsp3) is 0.300. The Morgan fingerprint density at radius 3 is 2.58 bits per heavy atom. The van der Waals surface area contributed by atoms with Gasteiger partial charge < -0.3 is 9.80 Å². The van der Waals surface area contributed by atoms with E-state index < -0.39 is 16.9 Å². The maximum Gasteiger partial charge on any atom is 0.355 e. The Morgan fingerprint density at radius 2 is 1.90 bits per heavy atom. The van der Waals surface area contributed by atoms with Crippen LogP contribution in [0.4, 0.5) is 10.2 Å². The summed E-state index contributed by atoms with van der Waals surface area (Å²) in [6.45, 7) is 12.9. The van der Waals surface area contributed by atoms with Crippen molar-refractivity contribution in [3.05, 3.63) is 88.3 Å². The molecule has 1 saturated heterocycles. The average molecular weight is 561 g/mol. The highest BCUT2D eigenvalue weighted by molar-refractivity contribution is 6.33. The summed E-state index contributed by atoms with van der Waals surface area (Å²) in [5.41, 5.74) is 0.992. The zero-order chi connectivity index (χ0) is 28.8. The number of rotatable bonds is 4. The normalized spacial score (nSPS) is 15.9. The first-order valence-corrected chi connectivity index (χ1v) is 13.4. The molecule has 0 radical (unpaired) electrons. The van der Waals surface area contributed by atoms with Crippen molar-refractivity contribution in [3.8, 4) is 16.9 Å². The second-order valence-electron chi connectivity index (χ2n) is 10.9. The first kappa shape index (κ1) is 27.5. The lowest BCUT2D eigenvalue weighted by Crippen LogP contribution is -2.54. The smallest absolute Gasteiger partial charge is 0.350 e. The lowest BCUT2D eigenvalue weighted by molar-refractivity contribution is -0.126. The number of amides is 1. The van der Waals surface area contributed by atoms with E-state index in [0.717, 1.165) is 0 Å². The number of benzene rings is 1. The molecule has 1 aliphatic heterocycles. The molecule has 0 spiro atoms. The van der Waals surface area contributed by atoms with E-state index in [2.05, 4.69) is 16.5 Å². The molecular formula is C30H30ClFN6O2. The number of halogens is 2. The van der Waals surface area contributed by atoms with Crippen molar-refractivity contribution in [1.82, 2.24) is 24.4 Å². The topological polar surface area (TPSA) is 84.2 Å². The third-order valence-corrected chi connectivity index (χ3v) is 7.34. The van der Waals surface area contributed by atoms with Gasteiger partial charge in [-0.25, -0.2) is 18.7 Å². The molecule has 1 fully saturated rings. The number of nitrogens with zero attached hydrogens (tertiary/aromatic N) is 6. The second-order valence-corrected chi connectivity index (χ2v) is 11.3. The molecule has 1 aromatic carbocycles. The van der Waals surface area contributed by atoms with Gasteiger partial charge in [0.1, 0.15) is 11.6 Å². The van der Waals surface area contributed by atoms with Crippen LogP contribution in [0.3, 0.4) is 0 Å². The molecule has 206 valence electrons. The average Bonchev–Trinajstić information content (AvgIpc) is 2.92. The molecule has 0 unspecified atom stereocenters. The maximum absolute atomic E-state index is 14.9. The quantitative estimate of drug-likeness (QED) is 0.321. The van der Waals surface area contributed by atoms with Gasteiger partial charge in [0.2, 0.25) is 5.91 Å². The fourth-order valence-corrected chi connectivity index (χ4v) is 5.39. The van der Waals surface area contributed by atoms with Gasteiger partial charge in [-0.2, -0.15) is 4.98 Å². The Morgan fingerprint density at radius 1 is 1.15 bits per heavy atom. The number of piperazine rings is 1. The van der Waals surface area contributed by atoms with Crippen LogP contribution in [0.2, 0.25) is 5.02 Å².